The summed E-state index contributed by atoms with van der Waals surface area (Å²) in [7, 11) is 0. The van der Waals surface area contributed by atoms with Gasteiger partial charge < -0.3 is 20.7 Å². The number of nitrogens with one attached hydrogen (secondary N) is 1. The van der Waals surface area contributed by atoms with E-state index in [2.05, 4.69) is 28.1 Å². The van der Waals surface area contributed by atoms with Gasteiger partial charge in [0, 0.05) is 11.5 Å². The van der Waals surface area contributed by atoms with Crippen molar-refractivity contribution in [2.75, 3.05) is 0 Å². The van der Waals surface area contributed by atoms with E-state index in [9.17, 15) is 15.5 Å². The summed E-state index contributed by atoms with van der Waals surface area (Å²) in [6.45, 7) is 13.1. The summed E-state index contributed by atoms with van der Waals surface area (Å²) in [5.74, 6) is 7.50. The number of nitrogens with zero attached hydrogens (tertiary/aromatic N) is 2. The average Bonchev–Trinajstić information content (AvgIpc) is 3.09. The number of ether oxygens (including phenoxy) is 1. The lowest BCUT2D eigenvalue weighted by atomic mass is 9.61. The lowest BCUT2D eigenvalue weighted by molar-refractivity contribution is -0.0315. The molecule has 0 spiro atoms. The van der Waals surface area contributed by atoms with Crippen molar-refractivity contribution in [1.29, 1.82) is 5.26 Å². The van der Waals surface area contributed by atoms with Crippen LogP contribution in [0.2, 0.25) is 0 Å². The topological polar surface area (TPSA) is 128 Å². The number of aromatic amines is 1. The molecule has 0 saturated heterocycles. The minimum Gasteiger partial charge on any atom is -0.422 e. The molecule has 1 aliphatic carbocycles. The van der Waals surface area contributed by atoms with Crippen molar-refractivity contribution in [3.05, 3.63) is 57.6 Å². The van der Waals surface area contributed by atoms with E-state index in [1.54, 1.807) is 13.8 Å². The number of hydrogen-bond donors (Lipinski definition) is 4. The molecule has 7 nitrogen and oxygen atoms in total. The van der Waals surface area contributed by atoms with E-state index < -0.39 is 16.6 Å². The Morgan fingerprint density at radius 1 is 1.19 bits per heavy atom. The molecule has 0 bridgehead atoms. The molecule has 1 fully saturated rings. The molecule has 1 unspecified atom stereocenters. The molecule has 0 radical (unpaired) electrons. The zero-order valence-electron chi connectivity index (χ0n) is 22.2. The molecule has 1 aromatic heterocycles. The summed E-state index contributed by atoms with van der Waals surface area (Å²) in [6.07, 6.45) is 1.72. The third kappa shape index (κ3) is 4.17. The zero-order chi connectivity index (χ0) is 26.6. The maximum atomic E-state index is 11.0. The van der Waals surface area contributed by atoms with Crippen LogP contribution in [0.25, 0.3) is 0 Å². The van der Waals surface area contributed by atoms with E-state index in [0.29, 0.717) is 22.7 Å². The van der Waals surface area contributed by atoms with E-state index in [4.69, 9.17) is 10.5 Å². The minimum absolute atomic E-state index is 0.0378. The standard InChI is InChI=1S/C29H36N4O3/c1-16(2)29(23(15-30)25(31)36-26-24(29)17(3)32-33-26)22-13-19(12-21(14-22)28(6,7)35)9-8-18-10-20(11-18)27(4,5)34/h12-14,16,18,20,34-35H,10-11,31H2,1-7H3,(H,32,33)/t18-,20-,29?. The summed E-state index contributed by atoms with van der Waals surface area (Å²) in [6, 6.07) is 8.14. The van der Waals surface area contributed by atoms with Crippen LogP contribution in [-0.2, 0) is 11.0 Å². The maximum absolute atomic E-state index is 11.0. The van der Waals surface area contributed by atoms with Crippen LogP contribution >= 0.6 is 0 Å². The largest absolute Gasteiger partial charge is 0.422 e. The molecular formula is C29H36N4O3. The Kier molecular flexibility index (Phi) is 6.23. The first-order valence-corrected chi connectivity index (χ1v) is 12.5. The first-order chi connectivity index (χ1) is 16.7. The number of nitrogens with two attached hydrogens (primary N) is 1. The molecule has 4 rings (SSSR count). The highest BCUT2D eigenvalue weighted by molar-refractivity contribution is 5.63. The first kappa shape index (κ1) is 25.8. The van der Waals surface area contributed by atoms with E-state index in [1.165, 1.54) is 0 Å². The van der Waals surface area contributed by atoms with Crippen molar-refractivity contribution >= 4 is 0 Å². The maximum Gasteiger partial charge on any atom is 0.222 e. The number of aromatic nitrogens is 2. The first-order valence-electron chi connectivity index (χ1n) is 12.5. The van der Waals surface area contributed by atoms with Crippen LogP contribution in [-0.4, -0.2) is 26.0 Å². The van der Waals surface area contributed by atoms with Gasteiger partial charge in [-0.2, -0.15) is 10.4 Å². The van der Waals surface area contributed by atoms with E-state index in [-0.39, 0.29) is 23.6 Å². The Morgan fingerprint density at radius 3 is 2.42 bits per heavy atom. The number of aryl methyl sites for hydroxylation is 1. The minimum atomic E-state index is -1.13. The monoisotopic (exact) mass is 488 g/mol. The fourth-order valence-electron chi connectivity index (χ4n) is 5.55. The Labute approximate surface area is 213 Å². The van der Waals surface area contributed by atoms with Gasteiger partial charge in [0.2, 0.25) is 11.8 Å². The molecule has 2 aromatic rings. The molecule has 1 atom stereocenters. The molecule has 36 heavy (non-hydrogen) atoms. The SMILES string of the molecule is Cc1n[nH]c2c1C(c1cc(C#C[C@H]3C[C@H](C(C)(C)O)C3)cc(C(C)(C)O)c1)(C(C)C)C(C#N)=C(N)O2. The van der Waals surface area contributed by atoms with Crippen LogP contribution in [0, 0.1) is 47.8 Å². The number of allylic oxidation sites excluding steroid dienone is 1. The molecule has 1 aromatic carbocycles. The molecule has 5 N–H and O–H groups in total. The summed E-state index contributed by atoms with van der Waals surface area (Å²) >= 11 is 0. The summed E-state index contributed by atoms with van der Waals surface area (Å²) < 4.78 is 5.77. The van der Waals surface area contributed by atoms with Crippen LogP contribution in [0.4, 0.5) is 0 Å². The van der Waals surface area contributed by atoms with Crippen LogP contribution < -0.4 is 10.5 Å². The lowest BCUT2D eigenvalue weighted by Gasteiger charge is -2.41. The van der Waals surface area contributed by atoms with Gasteiger partial charge in [0.25, 0.3) is 0 Å². The smallest absolute Gasteiger partial charge is 0.222 e. The second kappa shape index (κ2) is 8.69. The van der Waals surface area contributed by atoms with Crippen LogP contribution in [0.3, 0.4) is 0 Å². The molecule has 2 aliphatic rings. The highest BCUT2D eigenvalue weighted by atomic mass is 16.5. The molecule has 190 valence electrons. The molecule has 2 heterocycles. The van der Waals surface area contributed by atoms with Gasteiger partial charge in [0.15, 0.2) is 0 Å². The fraction of sp³-hybridized carbons (Fsp3) is 0.517. The number of nitriles is 1. The van der Waals surface area contributed by atoms with Gasteiger partial charge in [-0.25, -0.2) is 5.10 Å². The highest BCUT2D eigenvalue weighted by Crippen LogP contribution is 2.53. The Balaban J connectivity index is 1.91. The number of hydrogen-bond acceptors (Lipinski definition) is 6. The van der Waals surface area contributed by atoms with Crippen molar-refractivity contribution in [2.24, 2.45) is 23.5 Å². The normalized spacial score (nSPS) is 23.8. The van der Waals surface area contributed by atoms with Crippen LogP contribution in [0.15, 0.2) is 29.7 Å². The second-order valence-corrected chi connectivity index (χ2v) is 11.6. The number of aliphatic hydroxyl groups is 2. The van der Waals surface area contributed by atoms with Gasteiger partial charge in [0.05, 0.1) is 27.9 Å². The Morgan fingerprint density at radius 2 is 1.86 bits per heavy atom. The number of benzene rings is 1. The van der Waals surface area contributed by atoms with Crippen molar-refractivity contribution in [3.8, 4) is 23.8 Å². The van der Waals surface area contributed by atoms with Gasteiger partial charge in [-0.1, -0.05) is 31.8 Å². The van der Waals surface area contributed by atoms with Gasteiger partial charge in [0.1, 0.15) is 11.6 Å². The van der Waals surface area contributed by atoms with E-state index in [1.807, 2.05) is 52.8 Å². The van der Waals surface area contributed by atoms with Crippen LogP contribution in [0.5, 0.6) is 5.88 Å². The fourth-order valence-corrected chi connectivity index (χ4v) is 5.55. The zero-order valence-corrected chi connectivity index (χ0v) is 22.2. The van der Waals surface area contributed by atoms with Crippen molar-refractivity contribution in [2.45, 2.75) is 77.9 Å². The third-order valence-electron chi connectivity index (χ3n) is 7.79. The van der Waals surface area contributed by atoms with Crippen LogP contribution in [0.1, 0.15) is 82.3 Å². The van der Waals surface area contributed by atoms with E-state index in [0.717, 1.165) is 29.5 Å². The lowest BCUT2D eigenvalue weighted by Crippen LogP contribution is -2.41. The molecule has 1 aliphatic heterocycles. The number of H-pyrrole nitrogens is 1. The van der Waals surface area contributed by atoms with Crippen molar-refractivity contribution in [1.82, 2.24) is 10.2 Å². The Hall–Kier alpha value is -3.26. The average molecular weight is 489 g/mol. The summed E-state index contributed by atoms with van der Waals surface area (Å²) in [5, 5.41) is 38.8. The van der Waals surface area contributed by atoms with Gasteiger partial charge in [-0.05, 0) is 82.6 Å². The third-order valence-corrected chi connectivity index (χ3v) is 7.79. The molecular weight excluding hydrogens is 452 g/mol. The van der Waals surface area contributed by atoms with Crippen molar-refractivity contribution in [3.63, 3.8) is 0 Å². The molecule has 1 saturated carbocycles. The predicted molar refractivity (Wildman–Crippen MR) is 137 cm³/mol. The van der Waals surface area contributed by atoms with Gasteiger partial charge >= 0.3 is 0 Å². The van der Waals surface area contributed by atoms with Gasteiger partial charge in [-0.15, -0.1) is 0 Å². The number of fused-ring (bicyclic) bond motifs is 1. The molecule has 0 amide bonds. The quantitative estimate of drug-likeness (QED) is 0.479. The predicted octanol–water partition coefficient (Wildman–Crippen LogP) is 4.12. The van der Waals surface area contributed by atoms with E-state index >= 15 is 0 Å². The second-order valence-electron chi connectivity index (χ2n) is 11.6. The summed E-state index contributed by atoms with van der Waals surface area (Å²) in [4.78, 5) is 0. The van der Waals surface area contributed by atoms with Crippen molar-refractivity contribution < 1.29 is 14.9 Å². The Bertz CT molecular complexity index is 1320. The van der Waals surface area contributed by atoms with Gasteiger partial charge in [-0.3, -0.25) is 0 Å². The molecule has 7 heteroatoms. The highest BCUT2D eigenvalue weighted by Gasteiger charge is 2.51. The summed E-state index contributed by atoms with van der Waals surface area (Å²) in [5.41, 5.74) is 7.56. The number of rotatable bonds is 4.